The largest absolute Gasteiger partial charge is 0.487 e. The van der Waals surface area contributed by atoms with E-state index in [0.717, 1.165) is 65.6 Å². The minimum atomic E-state index is -0.383. The van der Waals surface area contributed by atoms with E-state index in [2.05, 4.69) is 59.5 Å². The van der Waals surface area contributed by atoms with E-state index >= 15 is 0 Å². The number of nitrogens with zero attached hydrogens (tertiary/aromatic N) is 1. The smallest absolute Gasteiger partial charge is 0.223 e. The van der Waals surface area contributed by atoms with Gasteiger partial charge in [-0.2, -0.15) is 0 Å². The number of carbonyl (C=O) groups excluding carboxylic acids is 2. The number of carbonyl (C=O) groups is 2. The molecule has 3 rings (SSSR count). The summed E-state index contributed by atoms with van der Waals surface area (Å²) in [6, 6.07) is 5.75. The lowest BCUT2D eigenvalue weighted by Gasteiger charge is -2.28. The van der Waals surface area contributed by atoms with Crippen molar-refractivity contribution in [2.24, 2.45) is 11.1 Å². The summed E-state index contributed by atoms with van der Waals surface area (Å²) in [5, 5.41) is 14.9. The van der Waals surface area contributed by atoms with Crippen LogP contribution in [0.25, 0.3) is 10.9 Å². The Morgan fingerprint density at radius 2 is 1.95 bits per heavy atom. The highest BCUT2D eigenvalue weighted by atomic mass is 31.0. The number of fused-ring (bicyclic) bond motifs is 1. The molecule has 2 aromatic rings. The Hall–Kier alpha value is -3.58. The normalized spacial score (nSPS) is 15.4. The molecule has 1 amide bonds. The number of allylic oxidation sites excluding steroid dienone is 2. The summed E-state index contributed by atoms with van der Waals surface area (Å²) < 4.78 is 6.20. The SMILES string of the molecule is CCCN(CCC(C)c1cc2[nH]c(C(=O)/C(C=N)=C(\N)NC3=CNCC=C3C)cc2cc1OC(C)P)C(=O)CC(C)(C)C. The first-order chi connectivity index (χ1) is 20.2. The topological polar surface area (TPSA) is 136 Å². The molecule has 1 aromatic carbocycles. The summed E-state index contributed by atoms with van der Waals surface area (Å²) in [7, 11) is 2.66. The molecular weight excluding hydrogens is 559 g/mol. The van der Waals surface area contributed by atoms with Crippen LogP contribution in [0.3, 0.4) is 0 Å². The van der Waals surface area contributed by atoms with E-state index < -0.39 is 0 Å². The van der Waals surface area contributed by atoms with Crippen LogP contribution in [-0.2, 0) is 4.79 Å². The van der Waals surface area contributed by atoms with Crippen LogP contribution in [-0.4, -0.2) is 53.3 Å². The molecule has 43 heavy (non-hydrogen) atoms. The fourth-order valence-electron chi connectivity index (χ4n) is 5.04. The van der Waals surface area contributed by atoms with Gasteiger partial charge >= 0.3 is 0 Å². The number of dihydropyridines is 1. The highest BCUT2D eigenvalue weighted by molar-refractivity contribution is 7.17. The van der Waals surface area contributed by atoms with Gasteiger partial charge < -0.3 is 36.4 Å². The Kier molecular flexibility index (Phi) is 11.6. The molecule has 9 nitrogen and oxygen atoms in total. The van der Waals surface area contributed by atoms with Gasteiger partial charge in [0.2, 0.25) is 11.7 Å². The molecule has 2 heterocycles. The second kappa shape index (κ2) is 14.7. The minimum absolute atomic E-state index is 0.0606. The second-order valence-corrected chi connectivity index (χ2v) is 13.5. The summed E-state index contributed by atoms with van der Waals surface area (Å²) in [4.78, 5) is 31.8. The van der Waals surface area contributed by atoms with E-state index in [9.17, 15) is 9.59 Å². The van der Waals surface area contributed by atoms with Gasteiger partial charge in [-0.3, -0.25) is 9.59 Å². The number of amides is 1. The molecule has 3 unspecified atom stereocenters. The van der Waals surface area contributed by atoms with Gasteiger partial charge in [-0.1, -0.05) is 49.9 Å². The van der Waals surface area contributed by atoms with Crippen LogP contribution >= 0.6 is 9.24 Å². The Morgan fingerprint density at radius 3 is 2.56 bits per heavy atom. The third-order valence-corrected chi connectivity index (χ3v) is 7.48. The first-order valence-corrected chi connectivity index (χ1v) is 15.7. The highest BCUT2D eigenvalue weighted by Crippen LogP contribution is 2.35. The molecule has 234 valence electrons. The van der Waals surface area contributed by atoms with Gasteiger partial charge in [0.05, 0.1) is 17.0 Å². The summed E-state index contributed by atoms with van der Waals surface area (Å²) in [6.07, 6.45) is 6.99. The third-order valence-electron chi connectivity index (χ3n) is 7.35. The van der Waals surface area contributed by atoms with Crippen molar-refractivity contribution < 1.29 is 14.3 Å². The minimum Gasteiger partial charge on any atom is -0.487 e. The molecule has 1 aliphatic heterocycles. The molecule has 1 aliphatic rings. The average molecular weight is 609 g/mol. The van der Waals surface area contributed by atoms with Gasteiger partial charge in [0.25, 0.3) is 0 Å². The van der Waals surface area contributed by atoms with E-state index in [4.69, 9.17) is 15.9 Å². The van der Waals surface area contributed by atoms with Crippen LogP contribution in [0, 0.1) is 10.8 Å². The number of hydrogen-bond acceptors (Lipinski definition) is 7. The van der Waals surface area contributed by atoms with Crippen LogP contribution in [0.4, 0.5) is 0 Å². The van der Waals surface area contributed by atoms with E-state index in [1.54, 1.807) is 12.3 Å². The fraction of sp³-hybridized carbons (Fsp3) is 0.485. The summed E-state index contributed by atoms with van der Waals surface area (Å²) in [5.41, 5.74) is 10.1. The van der Waals surface area contributed by atoms with Crippen LogP contribution in [0.2, 0.25) is 0 Å². The number of benzene rings is 1. The van der Waals surface area contributed by atoms with Crippen molar-refractivity contribution in [1.82, 2.24) is 20.5 Å². The second-order valence-electron chi connectivity index (χ2n) is 12.6. The maximum absolute atomic E-state index is 13.5. The molecule has 10 heteroatoms. The fourth-order valence-corrected chi connectivity index (χ4v) is 5.19. The molecule has 3 atom stereocenters. The highest BCUT2D eigenvalue weighted by Gasteiger charge is 2.24. The van der Waals surface area contributed by atoms with Gasteiger partial charge in [0.1, 0.15) is 17.4 Å². The number of rotatable bonds is 14. The number of aromatic amines is 1. The number of nitrogens with one attached hydrogen (secondary N) is 4. The first-order valence-electron chi connectivity index (χ1n) is 15.0. The number of nitrogens with two attached hydrogens (primary N) is 1. The van der Waals surface area contributed by atoms with E-state index in [0.29, 0.717) is 18.7 Å². The molecule has 0 bridgehead atoms. The summed E-state index contributed by atoms with van der Waals surface area (Å²) in [6.45, 7) is 16.5. The lowest BCUT2D eigenvalue weighted by atomic mass is 9.91. The van der Waals surface area contributed by atoms with Crippen molar-refractivity contribution in [2.75, 3.05) is 19.6 Å². The maximum atomic E-state index is 13.5. The van der Waals surface area contributed by atoms with Gasteiger partial charge in [0, 0.05) is 49.4 Å². The predicted molar refractivity (Wildman–Crippen MR) is 179 cm³/mol. The van der Waals surface area contributed by atoms with Crippen molar-refractivity contribution in [1.29, 1.82) is 5.41 Å². The first kappa shape index (κ1) is 33.9. The molecular formula is C33H49N6O3P. The van der Waals surface area contributed by atoms with E-state index in [1.807, 2.05) is 37.0 Å². The molecule has 0 aliphatic carbocycles. The van der Waals surface area contributed by atoms with Gasteiger partial charge in [-0.05, 0) is 67.4 Å². The zero-order valence-electron chi connectivity index (χ0n) is 26.7. The lowest BCUT2D eigenvalue weighted by Crippen LogP contribution is -2.35. The number of Topliss-reactive ketones (excluding diaryl/α,β-unsaturated/α-hetero) is 1. The zero-order chi connectivity index (χ0) is 31.9. The van der Waals surface area contributed by atoms with Crippen molar-refractivity contribution >= 4 is 38.0 Å². The van der Waals surface area contributed by atoms with Crippen LogP contribution in [0.1, 0.15) is 89.7 Å². The van der Waals surface area contributed by atoms with E-state index in [-0.39, 0.29) is 40.3 Å². The molecule has 0 spiro atoms. The Morgan fingerprint density at radius 1 is 1.23 bits per heavy atom. The maximum Gasteiger partial charge on any atom is 0.223 e. The molecule has 6 N–H and O–H groups in total. The third kappa shape index (κ3) is 9.20. The molecule has 0 saturated carbocycles. The van der Waals surface area contributed by atoms with Crippen LogP contribution in [0.15, 0.2) is 53.1 Å². The van der Waals surface area contributed by atoms with Crippen molar-refractivity contribution in [2.45, 2.75) is 79.5 Å². The number of hydrogen-bond donors (Lipinski definition) is 5. The van der Waals surface area contributed by atoms with Gasteiger partial charge in [0.15, 0.2) is 0 Å². The van der Waals surface area contributed by atoms with Crippen molar-refractivity contribution in [3.05, 3.63) is 64.4 Å². The monoisotopic (exact) mass is 608 g/mol. The Balaban J connectivity index is 1.90. The average Bonchev–Trinajstić information content (AvgIpc) is 3.33. The Bertz CT molecular complexity index is 1430. The van der Waals surface area contributed by atoms with Crippen molar-refractivity contribution in [3.63, 3.8) is 0 Å². The standard InChI is InChI=1S/C33H49N6O3P/c1-8-12-39(30(40)17-33(5,6)7)13-10-20(2)24-16-26-23(15-29(24)42-22(4)43)14-27(37-26)31(41)25(18-34)32(35)38-28-19-36-11-9-21(28)3/h9,14-16,18-20,22,34,36-38H,8,10-13,17,35,43H2,1-7H3/b32-25+,34-18?. The zero-order valence-corrected chi connectivity index (χ0v) is 27.8. The molecule has 0 saturated heterocycles. The van der Waals surface area contributed by atoms with Crippen LogP contribution in [0.5, 0.6) is 5.75 Å². The predicted octanol–water partition coefficient (Wildman–Crippen LogP) is 5.92. The van der Waals surface area contributed by atoms with Crippen LogP contribution < -0.4 is 21.1 Å². The summed E-state index contributed by atoms with van der Waals surface area (Å²) in [5.74, 6) is 0.628. The van der Waals surface area contributed by atoms with Crippen molar-refractivity contribution in [3.8, 4) is 5.75 Å². The Labute approximate surface area is 258 Å². The van der Waals surface area contributed by atoms with E-state index in [1.165, 1.54) is 0 Å². The number of H-pyrrole nitrogens is 1. The number of aromatic nitrogens is 1. The number of ether oxygens (including phenoxy) is 1. The molecule has 1 aromatic heterocycles. The lowest BCUT2D eigenvalue weighted by molar-refractivity contribution is -0.133. The summed E-state index contributed by atoms with van der Waals surface area (Å²) >= 11 is 0. The van der Waals surface area contributed by atoms with Gasteiger partial charge in [-0.15, -0.1) is 0 Å². The number of ketones is 1. The molecule has 0 radical (unpaired) electrons. The quantitative estimate of drug-likeness (QED) is 0.0782. The van der Waals surface area contributed by atoms with Gasteiger partial charge in [-0.25, -0.2) is 0 Å². The molecule has 0 fully saturated rings.